The van der Waals surface area contributed by atoms with Crippen LogP contribution in [0.1, 0.15) is 59.0 Å². The topological polar surface area (TPSA) is 58.2 Å². The minimum absolute atomic E-state index is 0.209. The van der Waals surface area contributed by atoms with Gasteiger partial charge in [-0.15, -0.1) is 0 Å². The van der Waals surface area contributed by atoms with Gasteiger partial charge >= 0.3 is 0 Å². The van der Waals surface area contributed by atoms with Crippen LogP contribution in [0.3, 0.4) is 0 Å². The van der Waals surface area contributed by atoms with Gasteiger partial charge in [0.2, 0.25) is 5.91 Å². The minimum Gasteiger partial charge on any atom is -0.411 e. The highest BCUT2D eigenvalue weighted by atomic mass is 28.4. The predicted octanol–water partition coefficient (Wildman–Crippen LogP) is 4.12. The molecule has 0 spiro atoms. The van der Waals surface area contributed by atoms with E-state index in [0.717, 1.165) is 37.4 Å². The van der Waals surface area contributed by atoms with E-state index in [-0.39, 0.29) is 10.9 Å². The first-order chi connectivity index (χ1) is 11.1. The number of carbonyl (C=O) groups excluding carboxylic acids is 1. The molecule has 0 saturated heterocycles. The molecule has 5 nitrogen and oxygen atoms in total. The second kappa shape index (κ2) is 8.81. The zero-order chi connectivity index (χ0) is 18.4. The number of nitrogens with one attached hydrogen (secondary N) is 1. The van der Waals surface area contributed by atoms with E-state index < -0.39 is 8.32 Å². The third-order valence-electron chi connectivity index (χ3n) is 5.00. The Morgan fingerprint density at radius 1 is 1.29 bits per heavy atom. The van der Waals surface area contributed by atoms with Crippen molar-refractivity contribution in [1.29, 1.82) is 0 Å². The SMILES string of the molecule is CCN(CC)C(=O)CCCc1ncc(CO[Si](C)(C)C(C)(C)C)[nH]1. The summed E-state index contributed by atoms with van der Waals surface area (Å²) in [6, 6.07) is 0. The highest BCUT2D eigenvalue weighted by Gasteiger charge is 2.37. The van der Waals surface area contributed by atoms with Crippen molar-refractivity contribution in [2.45, 2.75) is 78.6 Å². The Morgan fingerprint density at radius 2 is 1.92 bits per heavy atom. The molecule has 1 aromatic heterocycles. The lowest BCUT2D eigenvalue weighted by molar-refractivity contribution is -0.130. The first-order valence-corrected chi connectivity index (χ1v) is 12.0. The van der Waals surface area contributed by atoms with Gasteiger partial charge in [0.25, 0.3) is 0 Å². The van der Waals surface area contributed by atoms with Gasteiger partial charge in [-0.1, -0.05) is 20.8 Å². The molecule has 0 aliphatic rings. The molecular weight excluding hydrogens is 318 g/mol. The summed E-state index contributed by atoms with van der Waals surface area (Å²) < 4.78 is 6.20. The van der Waals surface area contributed by atoms with Gasteiger partial charge in [-0.05, 0) is 38.4 Å². The Morgan fingerprint density at radius 3 is 2.46 bits per heavy atom. The largest absolute Gasteiger partial charge is 0.411 e. The molecule has 0 aliphatic heterocycles. The van der Waals surface area contributed by atoms with Crippen LogP contribution in [0.2, 0.25) is 18.1 Å². The second-order valence-electron chi connectivity index (χ2n) is 7.82. The van der Waals surface area contributed by atoms with Gasteiger partial charge in [0.15, 0.2) is 8.32 Å². The molecular formula is C18H35N3O2Si. The average molecular weight is 354 g/mol. The van der Waals surface area contributed by atoms with Crippen LogP contribution in [0, 0.1) is 0 Å². The van der Waals surface area contributed by atoms with Crippen LogP contribution < -0.4 is 0 Å². The smallest absolute Gasteiger partial charge is 0.222 e. The molecule has 0 aliphatic carbocycles. The lowest BCUT2D eigenvalue weighted by Crippen LogP contribution is -2.40. The van der Waals surface area contributed by atoms with E-state index in [1.807, 2.05) is 24.9 Å². The summed E-state index contributed by atoms with van der Waals surface area (Å²) in [7, 11) is -1.74. The van der Waals surface area contributed by atoms with Crippen molar-refractivity contribution >= 4 is 14.2 Å². The maximum atomic E-state index is 12.0. The molecule has 1 rings (SSSR count). The molecule has 0 saturated carbocycles. The third kappa shape index (κ3) is 6.05. The van der Waals surface area contributed by atoms with Gasteiger partial charge in [0, 0.05) is 25.9 Å². The number of rotatable bonds is 9. The zero-order valence-electron chi connectivity index (χ0n) is 16.5. The molecule has 0 radical (unpaired) electrons. The van der Waals surface area contributed by atoms with Crippen molar-refractivity contribution in [2.24, 2.45) is 0 Å². The van der Waals surface area contributed by atoms with Crippen LogP contribution in [-0.2, 0) is 22.2 Å². The summed E-state index contributed by atoms with van der Waals surface area (Å²) in [5.74, 6) is 1.17. The molecule has 1 heterocycles. The highest BCUT2D eigenvalue weighted by molar-refractivity contribution is 6.74. The molecule has 1 N–H and O–H groups in total. The fourth-order valence-corrected chi connectivity index (χ4v) is 3.17. The summed E-state index contributed by atoms with van der Waals surface area (Å²) in [4.78, 5) is 21.6. The van der Waals surface area contributed by atoms with Crippen molar-refractivity contribution in [1.82, 2.24) is 14.9 Å². The number of aromatic amines is 1. The molecule has 138 valence electrons. The van der Waals surface area contributed by atoms with E-state index in [1.165, 1.54) is 0 Å². The van der Waals surface area contributed by atoms with E-state index in [0.29, 0.717) is 13.0 Å². The molecule has 0 bridgehead atoms. The van der Waals surface area contributed by atoms with E-state index in [4.69, 9.17) is 4.43 Å². The molecule has 1 aromatic rings. The Hall–Kier alpha value is -1.14. The quantitative estimate of drug-likeness (QED) is 0.679. The number of hydrogen-bond acceptors (Lipinski definition) is 3. The lowest BCUT2D eigenvalue weighted by Gasteiger charge is -2.35. The van der Waals surface area contributed by atoms with E-state index in [2.05, 4.69) is 43.8 Å². The number of amides is 1. The zero-order valence-corrected chi connectivity index (χ0v) is 17.5. The number of nitrogens with zero attached hydrogens (tertiary/aromatic N) is 2. The second-order valence-corrected chi connectivity index (χ2v) is 12.6. The Labute approximate surface area is 148 Å². The van der Waals surface area contributed by atoms with Crippen LogP contribution in [0.15, 0.2) is 6.20 Å². The monoisotopic (exact) mass is 353 g/mol. The summed E-state index contributed by atoms with van der Waals surface area (Å²) in [5, 5.41) is 0.209. The number of aromatic nitrogens is 2. The van der Waals surface area contributed by atoms with Crippen LogP contribution in [0.5, 0.6) is 0 Å². The highest BCUT2D eigenvalue weighted by Crippen LogP contribution is 2.36. The Bertz CT molecular complexity index is 517. The number of hydrogen-bond donors (Lipinski definition) is 1. The van der Waals surface area contributed by atoms with Crippen LogP contribution >= 0.6 is 0 Å². The van der Waals surface area contributed by atoms with Gasteiger partial charge in [0.05, 0.1) is 18.5 Å². The Kier molecular flexibility index (Phi) is 7.67. The lowest BCUT2D eigenvalue weighted by atomic mass is 10.2. The summed E-state index contributed by atoms with van der Waals surface area (Å²) in [6.45, 7) is 17.4. The first-order valence-electron chi connectivity index (χ1n) is 9.05. The van der Waals surface area contributed by atoms with E-state index >= 15 is 0 Å². The summed E-state index contributed by atoms with van der Waals surface area (Å²) in [5.41, 5.74) is 1.02. The van der Waals surface area contributed by atoms with Gasteiger partial charge < -0.3 is 14.3 Å². The maximum absolute atomic E-state index is 12.0. The first kappa shape index (κ1) is 20.9. The summed E-state index contributed by atoms with van der Waals surface area (Å²) >= 11 is 0. The average Bonchev–Trinajstić information content (AvgIpc) is 2.93. The van der Waals surface area contributed by atoms with Crippen LogP contribution in [0.25, 0.3) is 0 Å². The van der Waals surface area contributed by atoms with Gasteiger partial charge in [-0.2, -0.15) is 0 Å². The predicted molar refractivity (Wildman–Crippen MR) is 101 cm³/mol. The molecule has 0 aromatic carbocycles. The maximum Gasteiger partial charge on any atom is 0.222 e. The summed E-state index contributed by atoms with van der Waals surface area (Å²) in [6.07, 6.45) is 4.06. The third-order valence-corrected chi connectivity index (χ3v) is 9.47. The molecule has 0 atom stereocenters. The number of carbonyl (C=O) groups is 1. The fourth-order valence-electron chi connectivity index (χ4n) is 2.22. The van der Waals surface area contributed by atoms with Crippen LogP contribution in [-0.4, -0.2) is 42.2 Å². The van der Waals surface area contributed by atoms with E-state index in [1.54, 1.807) is 0 Å². The van der Waals surface area contributed by atoms with Gasteiger partial charge in [-0.3, -0.25) is 4.79 Å². The van der Waals surface area contributed by atoms with Crippen molar-refractivity contribution in [2.75, 3.05) is 13.1 Å². The van der Waals surface area contributed by atoms with Gasteiger partial charge in [0.1, 0.15) is 5.82 Å². The molecule has 0 unspecified atom stereocenters. The molecule has 6 heteroatoms. The van der Waals surface area contributed by atoms with Crippen molar-refractivity contribution in [3.63, 3.8) is 0 Å². The molecule has 24 heavy (non-hydrogen) atoms. The number of imidazole rings is 1. The van der Waals surface area contributed by atoms with Crippen molar-refractivity contribution < 1.29 is 9.22 Å². The van der Waals surface area contributed by atoms with Crippen LogP contribution in [0.4, 0.5) is 0 Å². The van der Waals surface area contributed by atoms with Crippen molar-refractivity contribution in [3.05, 3.63) is 17.7 Å². The molecule has 0 fully saturated rings. The minimum atomic E-state index is -1.74. The number of H-pyrrole nitrogens is 1. The number of aryl methyl sites for hydroxylation is 1. The normalized spacial score (nSPS) is 12.5. The standard InChI is InChI=1S/C18H35N3O2Si/c1-8-21(9-2)17(22)12-10-11-16-19-13-15(20-16)14-23-24(6,7)18(3,4)5/h13H,8-12,14H2,1-7H3,(H,19,20). The van der Waals surface area contributed by atoms with Gasteiger partial charge in [-0.25, -0.2) is 4.98 Å². The fraction of sp³-hybridized carbons (Fsp3) is 0.778. The molecule has 1 amide bonds. The van der Waals surface area contributed by atoms with Crippen molar-refractivity contribution in [3.8, 4) is 0 Å². The Balaban J connectivity index is 2.43. The van der Waals surface area contributed by atoms with E-state index in [9.17, 15) is 4.79 Å².